The molecular weight excluding hydrogens is 452 g/mol. The van der Waals surface area contributed by atoms with Gasteiger partial charge in [0.05, 0.1) is 4.90 Å². The summed E-state index contributed by atoms with van der Waals surface area (Å²) in [6.45, 7) is 4.71. The number of carbonyl (C=O) groups excluding carboxylic acids is 1. The van der Waals surface area contributed by atoms with E-state index in [1.807, 2.05) is 26.0 Å². The topological polar surface area (TPSA) is 105 Å². The number of rotatable bonds is 7. The molecule has 2 fully saturated rings. The van der Waals surface area contributed by atoms with Gasteiger partial charge in [-0.3, -0.25) is 4.79 Å². The van der Waals surface area contributed by atoms with Gasteiger partial charge in [0.25, 0.3) is 0 Å². The molecule has 5 rings (SSSR count). The van der Waals surface area contributed by atoms with Crippen LogP contribution in [-0.4, -0.2) is 41.9 Å². The Labute approximate surface area is 201 Å². The Balaban J connectivity index is 1.21. The smallest absolute Gasteiger partial charge is 0.249 e. The fourth-order valence-electron chi connectivity index (χ4n) is 5.04. The highest BCUT2D eigenvalue weighted by Gasteiger charge is 2.35. The van der Waals surface area contributed by atoms with Gasteiger partial charge in [0.15, 0.2) is 5.82 Å². The van der Waals surface area contributed by atoms with Crippen molar-refractivity contribution in [3.8, 4) is 0 Å². The van der Waals surface area contributed by atoms with Gasteiger partial charge in [0.2, 0.25) is 21.8 Å². The summed E-state index contributed by atoms with van der Waals surface area (Å²) in [7, 11) is -3.56. The largest absolute Gasteiger partial charge is 0.344 e. The number of sulfonamides is 1. The number of carbonyl (C=O) groups is 1. The second-order valence-electron chi connectivity index (χ2n) is 10.3. The molecule has 9 heteroatoms. The lowest BCUT2D eigenvalue weighted by atomic mass is 9.92. The molecule has 2 aliphatic carbocycles. The van der Waals surface area contributed by atoms with Crippen molar-refractivity contribution < 1.29 is 17.7 Å². The minimum atomic E-state index is -3.56. The summed E-state index contributed by atoms with van der Waals surface area (Å²) < 4.78 is 33.5. The van der Waals surface area contributed by atoms with Crippen LogP contribution in [0.3, 0.4) is 0 Å². The van der Waals surface area contributed by atoms with Crippen molar-refractivity contribution in [1.29, 1.82) is 0 Å². The second kappa shape index (κ2) is 9.41. The van der Waals surface area contributed by atoms with E-state index in [1.165, 1.54) is 16.3 Å². The van der Waals surface area contributed by atoms with Gasteiger partial charge in [0, 0.05) is 24.9 Å². The van der Waals surface area contributed by atoms with E-state index in [1.54, 1.807) is 6.07 Å². The summed E-state index contributed by atoms with van der Waals surface area (Å²) in [5, 5.41) is 7.17. The third-order valence-electron chi connectivity index (χ3n) is 7.41. The van der Waals surface area contributed by atoms with Crippen LogP contribution >= 0.6 is 0 Å². The molecule has 1 saturated heterocycles. The van der Waals surface area contributed by atoms with Crippen molar-refractivity contribution >= 4 is 15.9 Å². The SMILES string of the molecule is CC(C)C(NC(=O)C1CCN(S(=O)(=O)c2ccc3c(c2)CCCC3)CC1)c1nc(C2CC2)no1. The minimum Gasteiger partial charge on any atom is -0.344 e. The highest BCUT2D eigenvalue weighted by atomic mass is 32.2. The first-order chi connectivity index (χ1) is 16.3. The number of aryl methyl sites for hydroxylation is 2. The second-order valence-corrected chi connectivity index (χ2v) is 12.2. The van der Waals surface area contributed by atoms with Crippen molar-refractivity contribution in [1.82, 2.24) is 19.8 Å². The summed E-state index contributed by atoms with van der Waals surface area (Å²) in [5.74, 6) is 1.37. The zero-order valence-corrected chi connectivity index (χ0v) is 20.8. The molecular formula is C25H34N4O4S. The number of aromatic nitrogens is 2. The standard InChI is InChI=1S/C25H34N4O4S/c1-16(2)22(25-27-23(28-33-25)18-7-8-18)26-24(30)19-11-13-29(14-12-19)34(31,32)21-10-9-17-5-3-4-6-20(17)15-21/h9-10,15-16,18-19,22H,3-8,11-14H2,1-2H3,(H,26,30). The molecule has 1 atom stereocenters. The molecule has 184 valence electrons. The molecule has 1 saturated carbocycles. The Morgan fingerprint density at radius 3 is 2.47 bits per heavy atom. The Bertz CT molecular complexity index is 1150. The molecule has 8 nitrogen and oxygen atoms in total. The molecule has 2 heterocycles. The molecule has 1 aromatic carbocycles. The molecule has 1 aliphatic heterocycles. The lowest BCUT2D eigenvalue weighted by Gasteiger charge is -2.32. The average Bonchev–Trinajstić information content (AvgIpc) is 3.59. The molecule has 0 radical (unpaired) electrons. The Hall–Kier alpha value is -2.26. The molecule has 1 amide bonds. The van der Waals surface area contributed by atoms with Gasteiger partial charge in [-0.1, -0.05) is 25.1 Å². The van der Waals surface area contributed by atoms with Crippen LogP contribution in [0.15, 0.2) is 27.6 Å². The first kappa shape index (κ1) is 23.5. The maximum Gasteiger partial charge on any atom is 0.249 e. The number of benzene rings is 1. The molecule has 1 aromatic heterocycles. The molecule has 34 heavy (non-hydrogen) atoms. The van der Waals surface area contributed by atoms with Crippen molar-refractivity contribution in [2.75, 3.05) is 13.1 Å². The zero-order valence-electron chi connectivity index (χ0n) is 20.0. The van der Waals surface area contributed by atoms with E-state index in [2.05, 4.69) is 15.5 Å². The van der Waals surface area contributed by atoms with Crippen molar-refractivity contribution in [2.45, 2.75) is 82.1 Å². The predicted octanol–water partition coefficient (Wildman–Crippen LogP) is 3.74. The summed E-state index contributed by atoms with van der Waals surface area (Å²) in [6, 6.07) is 5.23. The van der Waals surface area contributed by atoms with E-state index in [0.29, 0.717) is 42.6 Å². The summed E-state index contributed by atoms with van der Waals surface area (Å²) in [5.41, 5.74) is 2.43. The van der Waals surface area contributed by atoms with E-state index < -0.39 is 10.0 Å². The number of nitrogens with one attached hydrogen (secondary N) is 1. The number of nitrogens with zero attached hydrogens (tertiary/aromatic N) is 3. The third-order valence-corrected chi connectivity index (χ3v) is 9.31. The van der Waals surface area contributed by atoms with Crippen LogP contribution in [-0.2, 0) is 27.7 Å². The molecule has 1 N–H and O–H groups in total. The highest BCUT2D eigenvalue weighted by molar-refractivity contribution is 7.89. The minimum absolute atomic E-state index is 0.0734. The summed E-state index contributed by atoms with van der Waals surface area (Å²) in [4.78, 5) is 18.0. The quantitative estimate of drug-likeness (QED) is 0.639. The maximum absolute atomic E-state index is 13.3. The van der Waals surface area contributed by atoms with E-state index in [4.69, 9.17) is 4.52 Å². The highest BCUT2D eigenvalue weighted by Crippen LogP contribution is 2.39. The van der Waals surface area contributed by atoms with E-state index >= 15 is 0 Å². The van der Waals surface area contributed by atoms with Gasteiger partial charge >= 0.3 is 0 Å². The van der Waals surface area contributed by atoms with E-state index in [0.717, 1.165) is 43.5 Å². The van der Waals surface area contributed by atoms with Gasteiger partial charge in [0.1, 0.15) is 6.04 Å². The van der Waals surface area contributed by atoms with Crippen LogP contribution in [0.1, 0.15) is 87.2 Å². The summed E-state index contributed by atoms with van der Waals surface area (Å²) >= 11 is 0. The summed E-state index contributed by atoms with van der Waals surface area (Å²) in [6.07, 6.45) is 7.42. The molecule has 3 aliphatic rings. The molecule has 0 spiro atoms. The fraction of sp³-hybridized carbons (Fsp3) is 0.640. The van der Waals surface area contributed by atoms with Gasteiger partial charge in [-0.15, -0.1) is 0 Å². The predicted molar refractivity (Wildman–Crippen MR) is 127 cm³/mol. The van der Waals surface area contributed by atoms with Gasteiger partial charge in [-0.05, 0) is 80.5 Å². The number of hydrogen-bond donors (Lipinski definition) is 1. The lowest BCUT2D eigenvalue weighted by Crippen LogP contribution is -2.44. The van der Waals surface area contributed by atoms with Gasteiger partial charge < -0.3 is 9.84 Å². The first-order valence-corrected chi connectivity index (χ1v) is 14.0. The molecule has 0 bridgehead atoms. The maximum atomic E-state index is 13.3. The zero-order chi connectivity index (χ0) is 23.9. The Morgan fingerprint density at radius 2 is 1.79 bits per heavy atom. The number of piperidine rings is 1. The van der Waals surface area contributed by atoms with Crippen LogP contribution in [0.4, 0.5) is 0 Å². The molecule has 2 aromatic rings. The lowest BCUT2D eigenvalue weighted by molar-refractivity contribution is -0.127. The number of amides is 1. The van der Waals surface area contributed by atoms with Crippen LogP contribution in [0, 0.1) is 11.8 Å². The average molecular weight is 487 g/mol. The van der Waals surface area contributed by atoms with Gasteiger partial charge in [-0.25, -0.2) is 8.42 Å². The monoisotopic (exact) mass is 486 g/mol. The fourth-order valence-corrected chi connectivity index (χ4v) is 6.56. The van der Waals surface area contributed by atoms with Crippen LogP contribution in [0.5, 0.6) is 0 Å². The van der Waals surface area contributed by atoms with Gasteiger partial charge in [-0.2, -0.15) is 9.29 Å². The number of fused-ring (bicyclic) bond motifs is 1. The van der Waals surface area contributed by atoms with Crippen molar-refractivity contribution in [3.63, 3.8) is 0 Å². The Kier molecular flexibility index (Phi) is 6.50. The normalized spacial score (nSPS) is 20.8. The molecule has 1 unspecified atom stereocenters. The van der Waals surface area contributed by atoms with Crippen LogP contribution < -0.4 is 5.32 Å². The van der Waals surface area contributed by atoms with Crippen molar-refractivity contribution in [2.24, 2.45) is 11.8 Å². The van der Waals surface area contributed by atoms with Crippen LogP contribution in [0.2, 0.25) is 0 Å². The van der Waals surface area contributed by atoms with E-state index in [-0.39, 0.29) is 23.8 Å². The first-order valence-electron chi connectivity index (χ1n) is 12.6. The van der Waals surface area contributed by atoms with Crippen LogP contribution in [0.25, 0.3) is 0 Å². The third kappa shape index (κ3) is 4.77. The number of hydrogen-bond acceptors (Lipinski definition) is 6. The van der Waals surface area contributed by atoms with Crippen molar-refractivity contribution in [3.05, 3.63) is 41.0 Å². The van der Waals surface area contributed by atoms with E-state index in [9.17, 15) is 13.2 Å². The Morgan fingerprint density at radius 1 is 1.09 bits per heavy atom.